The highest BCUT2D eigenvalue weighted by atomic mass is 16.5. The number of hydrogen-bond donors (Lipinski definition) is 2. The summed E-state index contributed by atoms with van der Waals surface area (Å²) in [5, 5.41) is 14.3. The molecule has 2 aliphatic rings. The maximum absolute atomic E-state index is 9.28. The Morgan fingerprint density at radius 2 is 2.33 bits per heavy atom. The summed E-state index contributed by atoms with van der Waals surface area (Å²) in [7, 11) is 0. The van der Waals surface area contributed by atoms with Crippen LogP contribution in [-0.2, 0) is 22.5 Å². The minimum absolute atomic E-state index is 0.00994. The summed E-state index contributed by atoms with van der Waals surface area (Å²) in [4.78, 5) is 9.12. The molecule has 8 heteroatoms. The zero-order valence-electron chi connectivity index (χ0n) is 17.2. The molecule has 0 bridgehead atoms. The molecule has 1 fully saturated rings. The molecule has 0 spiro atoms. The lowest BCUT2D eigenvalue weighted by molar-refractivity contribution is -0.0233. The van der Waals surface area contributed by atoms with Crippen molar-refractivity contribution in [1.82, 2.24) is 4.98 Å². The van der Waals surface area contributed by atoms with Gasteiger partial charge in [-0.2, -0.15) is 5.10 Å². The van der Waals surface area contributed by atoms with Crippen LogP contribution in [0, 0.1) is 0 Å². The number of aliphatic hydroxyl groups is 1. The lowest BCUT2D eigenvalue weighted by Crippen LogP contribution is -2.32. The third-order valence-electron chi connectivity index (χ3n) is 5.63. The number of aromatic nitrogens is 1. The molecule has 1 aromatic heterocycles. The monoisotopic (exact) mass is 412 g/mol. The van der Waals surface area contributed by atoms with Crippen LogP contribution in [0.3, 0.4) is 0 Å². The van der Waals surface area contributed by atoms with Crippen molar-refractivity contribution >= 4 is 22.8 Å². The van der Waals surface area contributed by atoms with Gasteiger partial charge in [0.15, 0.2) is 0 Å². The molecule has 1 aromatic carbocycles. The number of hydrogen-bond acceptors (Lipinski definition) is 8. The van der Waals surface area contributed by atoms with Gasteiger partial charge in [0.2, 0.25) is 0 Å². The fourth-order valence-electron chi connectivity index (χ4n) is 3.93. The normalized spacial score (nSPS) is 23.5. The topological polar surface area (TPSA) is 112 Å². The van der Waals surface area contributed by atoms with E-state index in [1.165, 1.54) is 5.56 Å². The molecule has 0 aliphatic carbocycles. The number of rotatable bonds is 6. The molecule has 0 saturated carbocycles. The highest BCUT2D eigenvalue weighted by Gasteiger charge is 2.22. The molecule has 8 nitrogen and oxygen atoms in total. The molecule has 30 heavy (non-hydrogen) atoms. The zero-order valence-corrected chi connectivity index (χ0v) is 17.2. The van der Waals surface area contributed by atoms with Gasteiger partial charge in [0.25, 0.3) is 0 Å². The van der Waals surface area contributed by atoms with E-state index in [-0.39, 0.29) is 24.9 Å². The molecule has 2 aromatic rings. The van der Waals surface area contributed by atoms with Gasteiger partial charge in [-0.1, -0.05) is 0 Å². The molecule has 160 valence electrons. The average molecular weight is 412 g/mol. The second kappa shape index (κ2) is 9.51. The summed E-state index contributed by atoms with van der Waals surface area (Å²) in [6.07, 6.45) is 5.43. The van der Waals surface area contributed by atoms with Gasteiger partial charge in [-0.05, 0) is 55.5 Å². The average Bonchev–Trinajstić information content (AvgIpc) is 2.79. The Labute approximate surface area is 175 Å². The first kappa shape index (κ1) is 20.7. The summed E-state index contributed by atoms with van der Waals surface area (Å²) < 4.78 is 17.1. The van der Waals surface area contributed by atoms with E-state index in [1.807, 2.05) is 31.3 Å². The Hall–Kier alpha value is -2.55. The molecule has 3 heterocycles. The minimum atomic E-state index is -0.361. The van der Waals surface area contributed by atoms with E-state index >= 15 is 0 Å². The molecule has 4 rings (SSSR count). The summed E-state index contributed by atoms with van der Waals surface area (Å²) in [6.45, 7) is 3.82. The SMILES string of the molecule is CC(Oc1ccc2ncc3c(c2c1)CCOC3)/C(C=NC1CCOC(CO)C1)=N/N. The van der Waals surface area contributed by atoms with Gasteiger partial charge in [-0.25, -0.2) is 0 Å². The Morgan fingerprint density at radius 1 is 1.43 bits per heavy atom. The van der Waals surface area contributed by atoms with Crippen molar-refractivity contribution < 1.29 is 19.3 Å². The molecule has 3 atom stereocenters. The highest BCUT2D eigenvalue weighted by molar-refractivity contribution is 6.32. The molecule has 0 radical (unpaired) electrons. The van der Waals surface area contributed by atoms with Crippen molar-refractivity contribution in [3.8, 4) is 5.75 Å². The van der Waals surface area contributed by atoms with Crippen molar-refractivity contribution in [2.45, 2.75) is 51.0 Å². The van der Waals surface area contributed by atoms with Crippen LogP contribution in [0.25, 0.3) is 10.9 Å². The van der Waals surface area contributed by atoms with Crippen LogP contribution in [0.2, 0.25) is 0 Å². The predicted octanol–water partition coefficient (Wildman–Crippen LogP) is 2.00. The maximum atomic E-state index is 9.28. The zero-order chi connectivity index (χ0) is 20.9. The first-order valence-corrected chi connectivity index (χ1v) is 10.4. The maximum Gasteiger partial charge on any atom is 0.141 e. The number of aliphatic hydroxyl groups excluding tert-OH is 1. The second-order valence-electron chi connectivity index (χ2n) is 7.69. The van der Waals surface area contributed by atoms with Crippen LogP contribution in [0.15, 0.2) is 34.5 Å². The molecule has 2 aliphatic heterocycles. The summed E-state index contributed by atoms with van der Waals surface area (Å²) in [5.74, 6) is 6.34. The van der Waals surface area contributed by atoms with Crippen LogP contribution in [0.5, 0.6) is 5.75 Å². The largest absolute Gasteiger partial charge is 0.484 e. The van der Waals surface area contributed by atoms with E-state index in [9.17, 15) is 5.11 Å². The van der Waals surface area contributed by atoms with Crippen molar-refractivity contribution in [3.05, 3.63) is 35.5 Å². The van der Waals surface area contributed by atoms with Gasteiger partial charge < -0.3 is 25.2 Å². The predicted molar refractivity (Wildman–Crippen MR) is 115 cm³/mol. The van der Waals surface area contributed by atoms with Crippen molar-refractivity contribution in [2.75, 3.05) is 19.8 Å². The van der Waals surface area contributed by atoms with Gasteiger partial charge in [0.1, 0.15) is 17.6 Å². The van der Waals surface area contributed by atoms with Crippen molar-refractivity contribution in [1.29, 1.82) is 0 Å². The number of nitrogens with two attached hydrogens (primary N) is 1. The molecule has 1 saturated heterocycles. The van der Waals surface area contributed by atoms with Crippen LogP contribution in [-0.4, -0.2) is 60.1 Å². The number of hydrazone groups is 1. The van der Waals surface area contributed by atoms with Gasteiger partial charge in [0.05, 0.1) is 37.5 Å². The van der Waals surface area contributed by atoms with E-state index in [2.05, 4.69) is 15.1 Å². The minimum Gasteiger partial charge on any atom is -0.484 e. The fraction of sp³-hybridized carbons (Fsp3) is 0.500. The fourth-order valence-corrected chi connectivity index (χ4v) is 3.93. The van der Waals surface area contributed by atoms with E-state index in [0.29, 0.717) is 25.3 Å². The first-order chi connectivity index (χ1) is 14.7. The number of benzene rings is 1. The number of aliphatic imine (C=N–C) groups is 1. The molecule has 3 unspecified atom stereocenters. The molecular weight excluding hydrogens is 384 g/mol. The van der Waals surface area contributed by atoms with Gasteiger partial charge in [0, 0.05) is 24.4 Å². The number of ether oxygens (including phenoxy) is 3. The lowest BCUT2D eigenvalue weighted by atomic mass is 10.00. The van der Waals surface area contributed by atoms with Crippen LogP contribution >= 0.6 is 0 Å². The summed E-state index contributed by atoms with van der Waals surface area (Å²) in [5.41, 5.74) is 3.91. The van der Waals surface area contributed by atoms with Crippen molar-refractivity contribution in [2.24, 2.45) is 15.9 Å². The Bertz CT molecular complexity index is 946. The third kappa shape index (κ3) is 4.61. The van der Waals surface area contributed by atoms with E-state index in [0.717, 1.165) is 41.7 Å². The second-order valence-corrected chi connectivity index (χ2v) is 7.69. The lowest BCUT2D eigenvalue weighted by Gasteiger charge is -2.25. The number of pyridine rings is 1. The molecular formula is C22H28N4O4. The molecule has 0 amide bonds. The molecule has 3 N–H and O–H groups in total. The third-order valence-corrected chi connectivity index (χ3v) is 5.63. The Kier molecular flexibility index (Phi) is 6.56. The van der Waals surface area contributed by atoms with Crippen LogP contribution < -0.4 is 10.6 Å². The summed E-state index contributed by atoms with van der Waals surface area (Å²) >= 11 is 0. The van der Waals surface area contributed by atoms with Crippen LogP contribution in [0.1, 0.15) is 30.9 Å². The smallest absolute Gasteiger partial charge is 0.141 e. The van der Waals surface area contributed by atoms with Crippen LogP contribution in [0.4, 0.5) is 0 Å². The quantitative estimate of drug-likeness (QED) is 0.426. The van der Waals surface area contributed by atoms with E-state index in [4.69, 9.17) is 20.1 Å². The van der Waals surface area contributed by atoms with Crippen molar-refractivity contribution in [3.63, 3.8) is 0 Å². The Morgan fingerprint density at radius 3 is 3.17 bits per heavy atom. The highest BCUT2D eigenvalue weighted by Crippen LogP contribution is 2.28. The summed E-state index contributed by atoms with van der Waals surface area (Å²) in [6, 6.07) is 5.99. The Balaban J connectivity index is 1.47. The van der Waals surface area contributed by atoms with Gasteiger partial charge in [-0.3, -0.25) is 9.98 Å². The van der Waals surface area contributed by atoms with Gasteiger partial charge in [-0.15, -0.1) is 0 Å². The number of fused-ring (bicyclic) bond motifs is 3. The van der Waals surface area contributed by atoms with E-state index < -0.39 is 0 Å². The van der Waals surface area contributed by atoms with Gasteiger partial charge >= 0.3 is 0 Å². The standard InChI is InChI=1S/C22H28N4O4/c1-14(22(26-23)11-24-16-4-7-29-18(8-16)12-27)30-17-2-3-21-20(9-17)19-5-6-28-13-15(19)10-25-21/h2-3,9-11,14,16,18,27H,4-8,12-13,23H2,1H3/b24-11?,26-22+. The first-order valence-electron chi connectivity index (χ1n) is 10.4. The van der Waals surface area contributed by atoms with E-state index in [1.54, 1.807) is 6.21 Å². The number of nitrogens with zero attached hydrogens (tertiary/aromatic N) is 3.